The van der Waals surface area contributed by atoms with E-state index in [2.05, 4.69) is 22.9 Å². The van der Waals surface area contributed by atoms with Crippen LogP contribution in [-0.2, 0) is 0 Å². The fourth-order valence-electron chi connectivity index (χ4n) is 1.43. The zero-order valence-electron chi connectivity index (χ0n) is 9.44. The molecule has 0 aliphatic rings. The summed E-state index contributed by atoms with van der Waals surface area (Å²) in [6.45, 7) is 1.98. The molecular formula is C15H10N2. The van der Waals surface area contributed by atoms with Crippen molar-refractivity contribution in [3.8, 4) is 17.9 Å². The van der Waals surface area contributed by atoms with Gasteiger partial charge in [-0.05, 0) is 36.8 Å². The van der Waals surface area contributed by atoms with Crippen LogP contribution in [0.3, 0.4) is 0 Å². The van der Waals surface area contributed by atoms with Gasteiger partial charge >= 0.3 is 0 Å². The maximum Gasteiger partial charge on any atom is 0.0992 e. The van der Waals surface area contributed by atoms with Crippen LogP contribution in [0.5, 0.6) is 0 Å². The van der Waals surface area contributed by atoms with Gasteiger partial charge in [-0.3, -0.25) is 4.98 Å². The minimum Gasteiger partial charge on any atom is -0.263 e. The molecule has 1 aromatic heterocycles. The SMILES string of the molecule is Cc1cncc(C#Cc2cccc(C#N)c2)c1. The zero-order valence-corrected chi connectivity index (χ0v) is 9.44. The molecule has 0 saturated carbocycles. The van der Waals surface area contributed by atoms with Gasteiger partial charge in [0, 0.05) is 23.5 Å². The molecular weight excluding hydrogens is 208 g/mol. The van der Waals surface area contributed by atoms with E-state index in [-0.39, 0.29) is 0 Å². The maximum absolute atomic E-state index is 8.78. The van der Waals surface area contributed by atoms with E-state index in [1.807, 2.05) is 25.1 Å². The molecule has 0 aliphatic heterocycles. The van der Waals surface area contributed by atoms with E-state index in [0.29, 0.717) is 5.56 Å². The van der Waals surface area contributed by atoms with Gasteiger partial charge in [0.25, 0.3) is 0 Å². The number of hydrogen-bond donors (Lipinski definition) is 0. The van der Waals surface area contributed by atoms with Crippen LogP contribution in [-0.4, -0.2) is 4.98 Å². The molecule has 0 saturated heterocycles. The molecule has 0 spiro atoms. The van der Waals surface area contributed by atoms with Gasteiger partial charge in [-0.25, -0.2) is 0 Å². The Morgan fingerprint density at radius 2 is 1.76 bits per heavy atom. The van der Waals surface area contributed by atoms with Crippen LogP contribution in [0.25, 0.3) is 0 Å². The molecule has 17 heavy (non-hydrogen) atoms. The molecule has 80 valence electrons. The average molecular weight is 218 g/mol. The van der Waals surface area contributed by atoms with Crippen LogP contribution in [0.4, 0.5) is 0 Å². The van der Waals surface area contributed by atoms with Crippen molar-refractivity contribution in [2.75, 3.05) is 0 Å². The molecule has 1 heterocycles. The lowest BCUT2D eigenvalue weighted by Crippen LogP contribution is -1.81. The van der Waals surface area contributed by atoms with E-state index >= 15 is 0 Å². The first-order chi connectivity index (χ1) is 8.28. The number of nitriles is 1. The van der Waals surface area contributed by atoms with Gasteiger partial charge < -0.3 is 0 Å². The van der Waals surface area contributed by atoms with E-state index < -0.39 is 0 Å². The number of pyridine rings is 1. The summed E-state index contributed by atoms with van der Waals surface area (Å²) in [4.78, 5) is 4.08. The summed E-state index contributed by atoms with van der Waals surface area (Å²) in [5.41, 5.74) is 3.43. The first-order valence-corrected chi connectivity index (χ1v) is 5.22. The Labute approximate surface area is 101 Å². The minimum atomic E-state index is 0.624. The molecule has 2 aromatic rings. The summed E-state index contributed by atoms with van der Waals surface area (Å²) in [5, 5.41) is 8.78. The molecule has 0 amide bonds. The summed E-state index contributed by atoms with van der Waals surface area (Å²) < 4.78 is 0. The van der Waals surface area contributed by atoms with Crippen molar-refractivity contribution in [1.82, 2.24) is 4.98 Å². The first kappa shape index (κ1) is 10.9. The monoisotopic (exact) mass is 218 g/mol. The highest BCUT2D eigenvalue weighted by Crippen LogP contribution is 2.03. The number of aromatic nitrogens is 1. The summed E-state index contributed by atoms with van der Waals surface area (Å²) in [6, 6.07) is 11.3. The fraction of sp³-hybridized carbons (Fsp3) is 0.0667. The van der Waals surface area contributed by atoms with Crippen LogP contribution >= 0.6 is 0 Å². The van der Waals surface area contributed by atoms with Gasteiger partial charge in [-0.15, -0.1) is 0 Å². The number of rotatable bonds is 0. The molecule has 2 rings (SSSR count). The standard InChI is InChI=1S/C15H10N2/c1-12-7-15(11-17-10-12)6-5-13-3-2-4-14(8-13)9-16/h2-4,7-8,10-11H,1H3. The number of benzene rings is 1. The number of nitrogens with zero attached hydrogens (tertiary/aromatic N) is 2. The van der Waals surface area contributed by atoms with Gasteiger partial charge in [0.05, 0.1) is 11.6 Å². The second-order valence-electron chi connectivity index (χ2n) is 3.69. The van der Waals surface area contributed by atoms with E-state index in [1.165, 1.54) is 0 Å². The lowest BCUT2D eigenvalue weighted by Gasteiger charge is -1.92. The third-order valence-electron chi connectivity index (χ3n) is 2.22. The minimum absolute atomic E-state index is 0.624. The van der Waals surface area contributed by atoms with Gasteiger partial charge in [0.2, 0.25) is 0 Å². The maximum atomic E-state index is 8.78. The van der Waals surface area contributed by atoms with Gasteiger partial charge in [-0.1, -0.05) is 17.9 Å². The highest BCUT2D eigenvalue weighted by atomic mass is 14.6. The third-order valence-corrected chi connectivity index (χ3v) is 2.22. The quantitative estimate of drug-likeness (QED) is 0.637. The molecule has 0 bridgehead atoms. The lowest BCUT2D eigenvalue weighted by atomic mass is 10.1. The topological polar surface area (TPSA) is 36.7 Å². The molecule has 2 nitrogen and oxygen atoms in total. The van der Waals surface area contributed by atoms with Gasteiger partial charge in [-0.2, -0.15) is 5.26 Å². The number of hydrogen-bond acceptors (Lipinski definition) is 2. The Bertz CT molecular complexity index is 640. The molecule has 0 N–H and O–H groups in total. The van der Waals surface area contributed by atoms with Crippen molar-refractivity contribution in [3.63, 3.8) is 0 Å². The number of aryl methyl sites for hydroxylation is 1. The Kier molecular flexibility index (Phi) is 3.19. The lowest BCUT2D eigenvalue weighted by molar-refractivity contribution is 1.26. The summed E-state index contributed by atoms with van der Waals surface area (Å²) in [7, 11) is 0. The van der Waals surface area contributed by atoms with Crippen LogP contribution < -0.4 is 0 Å². The molecule has 0 aliphatic carbocycles. The highest BCUT2D eigenvalue weighted by Gasteiger charge is 1.91. The van der Waals surface area contributed by atoms with Crippen LogP contribution in [0.15, 0.2) is 42.7 Å². The van der Waals surface area contributed by atoms with Gasteiger partial charge in [0.15, 0.2) is 0 Å². The fourth-order valence-corrected chi connectivity index (χ4v) is 1.43. The van der Waals surface area contributed by atoms with Crippen molar-refractivity contribution in [3.05, 3.63) is 65.0 Å². The van der Waals surface area contributed by atoms with Crippen LogP contribution in [0.1, 0.15) is 22.3 Å². The second-order valence-corrected chi connectivity index (χ2v) is 3.69. The molecule has 0 fully saturated rings. The van der Waals surface area contributed by atoms with Crippen molar-refractivity contribution < 1.29 is 0 Å². The van der Waals surface area contributed by atoms with E-state index in [1.54, 1.807) is 24.5 Å². The molecule has 2 heteroatoms. The van der Waals surface area contributed by atoms with Crippen molar-refractivity contribution in [2.45, 2.75) is 6.92 Å². The largest absolute Gasteiger partial charge is 0.263 e. The Balaban J connectivity index is 2.30. The van der Waals surface area contributed by atoms with E-state index in [0.717, 1.165) is 16.7 Å². The molecule has 0 atom stereocenters. The van der Waals surface area contributed by atoms with Crippen molar-refractivity contribution >= 4 is 0 Å². The summed E-state index contributed by atoms with van der Waals surface area (Å²) >= 11 is 0. The first-order valence-electron chi connectivity index (χ1n) is 5.22. The van der Waals surface area contributed by atoms with E-state index in [9.17, 15) is 0 Å². The van der Waals surface area contributed by atoms with E-state index in [4.69, 9.17) is 5.26 Å². The van der Waals surface area contributed by atoms with Gasteiger partial charge in [0.1, 0.15) is 0 Å². The Morgan fingerprint density at radius 3 is 2.53 bits per heavy atom. The van der Waals surface area contributed by atoms with Crippen LogP contribution in [0.2, 0.25) is 0 Å². The summed E-state index contributed by atoms with van der Waals surface area (Å²) in [5.74, 6) is 6.05. The average Bonchev–Trinajstić information content (AvgIpc) is 2.37. The summed E-state index contributed by atoms with van der Waals surface area (Å²) in [6.07, 6.45) is 3.52. The molecule has 1 aromatic carbocycles. The Morgan fingerprint density at radius 1 is 1.00 bits per heavy atom. The third kappa shape index (κ3) is 2.93. The molecule has 0 radical (unpaired) electrons. The predicted molar refractivity (Wildman–Crippen MR) is 66.1 cm³/mol. The Hall–Kier alpha value is -2.58. The second kappa shape index (κ2) is 4.96. The smallest absolute Gasteiger partial charge is 0.0992 e. The van der Waals surface area contributed by atoms with Crippen molar-refractivity contribution in [1.29, 1.82) is 5.26 Å². The van der Waals surface area contributed by atoms with Crippen molar-refractivity contribution in [2.24, 2.45) is 0 Å². The molecule has 0 unspecified atom stereocenters. The van der Waals surface area contributed by atoms with Crippen LogP contribution in [0, 0.1) is 30.1 Å². The normalized spacial score (nSPS) is 8.94. The predicted octanol–water partition coefficient (Wildman–Crippen LogP) is 2.66. The zero-order chi connectivity index (χ0) is 12.1. The highest BCUT2D eigenvalue weighted by molar-refractivity contribution is 5.45.